The fraction of sp³-hybridized carbons (Fsp3) is 0. The van der Waals surface area contributed by atoms with Crippen LogP contribution in [0.4, 0.5) is 68.2 Å². The molecule has 0 aliphatic rings. The Morgan fingerprint density at radius 2 is 0.380 bits per heavy atom. The van der Waals surface area contributed by atoms with Crippen LogP contribution in [0.15, 0.2) is 364 Å². The average Bonchev–Trinajstić information content (AvgIpc) is 1.58. The zero-order valence-electron chi connectivity index (χ0n) is 50.3. The van der Waals surface area contributed by atoms with Crippen molar-refractivity contribution >= 4 is 133 Å². The highest BCUT2D eigenvalue weighted by atomic mass is 15.2. The van der Waals surface area contributed by atoms with Gasteiger partial charge < -0.3 is 28.7 Å². The second-order valence-electron chi connectivity index (χ2n) is 23.3. The first-order chi connectivity index (χ1) is 45.7. The molecule has 17 aromatic rings. The molecule has 6 heteroatoms. The summed E-state index contributed by atoms with van der Waals surface area (Å²) in [6.45, 7) is 0. The van der Waals surface area contributed by atoms with E-state index in [1.54, 1.807) is 0 Å². The summed E-state index contributed by atoms with van der Waals surface area (Å²) in [7, 11) is 0. The van der Waals surface area contributed by atoms with Crippen LogP contribution in [-0.4, -0.2) is 9.13 Å². The van der Waals surface area contributed by atoms with Gasteiger partial charge in [0.15, 0.2) is 0 Å². The Morgan fingerprint density at radius 3 is 0.707 bits per heavy atom. The molecule has 2 heterocycles. The summed E-state index contributed by atoms with van der Waals surface area (Å²) >= 11 is 0. The van der Waals surface area contributed by atoms with Gasteiger partial charge in [0.25, 0.3) is 0 Å². The number of rotatable bonds is 14. The first-order valence-electron chi connectivity index (χ1n) is 31.4. The summed E-state index contributed by atoms with van der Waals surface area (Å²) in [5, 5.41) is 9.58. The van der Waals surface area contributed by atoms with E-state index < -0.39 is 0 Å². The minimum absolute atomic E-state index is 1.02. The van der Waals surface area contributed by atoms with Crippen molar-refractivity contribution in [1.82, 2.24) is 9.13 Å². The maximum atomic E-state index is 2.44. The zero-order chi connectivity index (χ0) is 60.9. The van der Waals surface area contributed by atoms with E-state index in [-0.39, 0.29) is 0 Å². The van der Waals surface area contributed by atoms with Gasteiger partial charge in [-0.15, -0.1) is 0 Å². The van der Waals surface area contributed by atoms with Gasteiger partial charge in [-0.1, -0.05) is 182 Å². The Balaban J connectivity index is 0.833. The van der Waals surface area contributed by atoms with Crippen LogP contribution in [0.3, 0.4) is 0 Å². The molecule has 15 aromatic carbocycles. The Hall–Kier alpha value is -12.4. The van der Waals surface area contributed by atoms with E-state index in [1.807, 2.05) is 0 Å². The summed E-state index contributed by atoms with van der Waals surface area (Å²) in [5.41, 5.74) is 19.6. The topological polar surface area (TPSA) is 22.8 Å². The van der Waals surface area contributed by atoms with Crippen molar-refractivity contribution in [2.75, 3.05) is 19.6 Å². The highest BCUT2D eigenvalue weighted by Crippen LogP contribution is 2.46. The van der Waals surface area contributed by atoms with Crippen molar-refractivity contribution in [3.63, 3.8) is 0 Å². The Kier molecular flexibility index (Phi) is 13.4. The molecule has 0 bridgehead atoms. The SMILES string of the molecule is c1ccc(N(c2ccccc2)c2ccc(N(c3ccc(N(c4ccc(N(c5ccccc5)c5ccccc5)cc4)c4ccc5c(c4)c4ccccc4n5-c4cccc5ccccc45)cc3)c3ccc4c(c3)c3ccccc3n4-c3cccc4ccccc34)cc2)cc1. The summed E-state index contributed by atoms with van der Waals surface area (Å²) in [6.07, 6.45) is 0. The summed E-state index contributed by atoms with van der Waals surface area (Å²) in [4.78, 5) is 9.44. The molecule has 0 amide bonds. The van der Waals surface area contributed by atoms with Crippen LogP contribution in [0.25, 0.3) is 76.5 Å². The van der Waals surface area contributed by atoms with E-state index in [4.69, 9.17) is 0 Å². The highest BCUT2D eigenvalue weighted by Gasteiger charge is 2.24. The third-order valence-electron chi connectivity index (χ3n) is 18.0. The lowest BCUT2D eigenvalue weighted by Crippen LogP contribution is -2.13. The van der Waals surface area contributed by atoms with Crippen LogP contribution in [-0.2, 0) is 0 Å². The van der Waals surface area contributed by atoms with Gasteiger partial charge in [0.2, 0.25) is 0 Å². The molecule has 0 aliphatic heterocycles. The molecule has 0 spiro atoms. The second kappa shape index (κ2) is 23.0. The average molecular weight is 1180 g/mol. The van der Waals surface area contributed by atoms with E-state index in [2.05, 4.69) is 393 Å². The van der Waals surface area contributed by atoms with Crippen molar-refractivity contribution in [2.45, 2.75) is 0 Å². The molecule has 2 aromatic heterocycles. The molecule has 0 fully saturated rings. The first kappa shape index (κ1) is 53.8. The predicted molar refractivity (Wildman–Crippen MR) is 389 cm³/mol. The van der Waals surface area contributed by atoms with Crippen molar-refractivity contribution < 1.29 is 0 Å². The third-order valence-corrected chi connectivity index (χ3v) is 18.0. The van der Waals surface area contributed by atoms with E-state index in [0.29, 0.717) is 0 Å². The van der Waals surface area contributed by atoms with Crippen LogP contribution in [0, 0.1) is 0 Å². The second-order valence-corrected chi connectivity index (χ2v) is 23.3. The molecule has 0 radical (unpaired) electrons. The first-order valence-corrected chi connectivity index (χ1v) is 31.4. The maximum Gasteiger partial charge on any atom is 0.0542 e. The van der Waals surface area contributed by atoms with Gasteiger partial charge in [0, 0.05) is 101 Å². The normalized spacial score (nSPS) is 11.5. The molecule has 0 saturated heterocycles. The molecule has 0 atom stereocenters. The lowest BCUT2D eigenvalue weighted by Gasteiger charge is -2.30. The molecule has 92 heavy (non-hydrogen) atoms. The Labute approximate surface area is 534 Å². The molecule has 17 rings (SSSR count). The van der Waals surface area contributed by atoms with E-state index in [0.717, 1.165) is 102 Å². The molecular formula is C86H60N6. The van der Waals surface area contributed by atoms with E-state index >= 15 is 0 Å². The highest BCUT2D eigenvalue weighted by molar-refractivity contribution is 6.13. The fourth-order valence-corrected chi connectivity index (χ4v) is 13.9. The molecule has 0 aliphatic carbocycles. The van der Waals surface area contributed by atoms with Gasteiger partial charge in [-0.05, 0) is 193 Å². The van der Waals surface area contributed by atoms with Crippen molar-refractivity contribution in [2.24, 2.45) is 0 Å². The largest absolute Gasteiger partial charge is 0.311 e. The molecule has 434 valence electrons. The van der Waals surface area contributed by atoms with Crippen molar-refractivity contribution in [3.8, 4) is 11.4 Å². The van der Waals surface area contributed by atoms with Crippen LogP contribution in [0.5, 0.6) is 0 Å². The van der Waals surface area contributed by atoms with Crippen LogP contribution < -0.4 is 19.6 Å². The molecule has 6 nitrogen and oxygen atoms in total. The summed E-state index contributed by atoms with van der Waals surface area (Å²) in [5.74, 6) is 0. The minimum Gasteiger partial charge on any atom is -0.311 e. The Bertz CT molecular complexity index is 5080. The predicted octanol–water partition coefficient (Wildman–Crippen LogP) is 24.1. The van der Waals surface area contributed by atoms with Crippen LogP contribution >= 0.6 is 0 Å². The number of hydrogen-bond donors (Lipinski definition) is 0. The summed E-state index contributed by atoms with van der Waals surface area (Å²) in [6, 6.07) is 132. The molecule has 0 N–H and O–H groups in total. The number of fused-ring (bicyclic) bond motifs is 8. The zero-order valence-corrected chi connectivity index (χ0v) is 50.3. The smallest absolute Gasteiger partial charge is 0.0542 e. The quantitative estimate of drug-likeness (QED) is 0.108. The number of anilines is 12. The van der Waals surface area contributed by atoms with Gasteiger partial charge in [0.1, 0.15) is 0 Å². The Morgan fingerprint density at radius 1 is 0.152 bits per heavy atom. The van der Waals surface area contributed by atoms with Gasteiger partial charge >= 0.3 is 0 Å². The summed E-state index contributed by atoms with van der Waals surface area (Å²) < 4.78 is 4.88. The van der Waals surface area contributed by atoms with E-state index in [9.17, 15) is 0 Å². The van der Waals surface area contributed by atoms with Crippen LogP contribution in [0.2, 0.25) is 0 Å². The van der Waals surface area contributed by atoms with Crippen LogP contribution in [0.1, 0.15) is 0 Å². The van der Waals surface area contributed by atoms with Gasteiger partial charge in [-0.2, -0.15) is 0 Å². The standard InChI is InChI=1S/C86H60N6/c1-5-27-63(28-6-1)87(64-29-7-2-8-30-64)67-43-47-69(48-44-67)89(73-55-57-85-79(59-73)77-37-17-19-39-83(77)91(85)81-41-21-25-61-23-13-15-35-75(61)81)71-51-53-72(54-52-71)90(70-49-45-68(46-50-70)88(65-31-9-3-10-32-65)66-33-11-4-12-34-66)74-56-58-86-80(60-74)78-38-18-20-40-84(78)92(86)82-42-22-26-62-24-14-16-36-76(62)82/h1-60H. The monoisotopic (exact) mass is 1180 g/mol. The van der Waals surface area contributed by atoms with Crippen molar-refractivity contribution in [1.29, 1.82) is 0 Å². The van der Waals surface area contributed by atoms with Gasteiger partial charge in [0.05, 0.1) is 33.4 Å². The number of aromatic nitrogens is 2. The molecule has 0 unspecified atom stereocenters. The third kappa shape index (κ3) is 9.45. The number of benzene rings is 15. The fourth-order valence-electron chi connectivity index (χ4n) is 13.9. The van der Waals surface area contributed by atoms with E-state index in [1.165, 1.54) is 43.1 Å². The lowest BCUT2D eigenvalue weighted by atomic mass is 10.1. The molecule has 0 saturated carbocycles. The number of nitrogens with zero attached hydrogens (tertiary/aromatic N) is 6. The number of para-hydroxylation sites is 6. The van der Waals surface area contributed by atoms with Gasteiger partial charge in [-0.25, -0.2) is 0 Å². The molecular weight excluding hydrogens is 1120 g/mol. The van der Waals surface area contributed by atoms with Crippen molar-refractivity contribution in [3.05, 3.63) is 364 Å². The lowest BCUT2D eigenvalue weighted by molar-refractivity contribution is 1.19. The maximum absolute atomic E-state index is 2.44. The van der Waals surface area contributed by atoms with Gasteiger partial charge in [-0.3, -0.25) is 0 Å². The minimum atomic E-state index is 1.02. The number of hydrogen-bond acceptors (Lipinski definition) is 4.